The van der Waals surface area contributed by atoms with Crippen molar-refractivity contribution in [3.05, 3.63) is 66.5 Å². The van der Waals surface area contributed by atoms with E-state index < -0.39 is 10.0 Å². The summed E-state index contributed by atoms with van der Waals surface area (Å²) in [6, 6.07) is 13.3. The molecule has 0 spiro atoms. The Balaban J connectivity index is 1.88. The predicted molar refractivity (Wildman–Crippen MR) is 130 cm³/mol. The van der Waals surface area contributed by atoms with E-state index >= 15 is 0 Å². The van der Waals surface area contributed by atoms with E-state index in [1.807, 2.05) is 6.92 Å². The first kappa shape index (κ1) is 24.1. The molecule has 0 aliphatic carbocycles. The summed E-state index contributed by atoms with van der Waals surface area (Å²) in [7, 11) is -3.67. The fourth-order valence-electron chi connectivity index (χ4n) is 3.27. The van der Waals surface area contributed by atoms with Gasteiger partial charge in [-0.3, -0.25) is 4.79 Å². The number of benzene rings is 2. The number of aromatic nitrogens is 2. The zero-order valence-electron chi connectivity index (χ0n) is 18.9. The summed E-state index contributed by atoms with van der Waals surface area (Å²) in [5.74, 6) is 0.0444. The lowest BCUT2D eigenvalue weighted by Crippen LogP contribution is -2.30. The molecule has 1 heterocycles. The minimum Gasteiger partial charge on any atom is -0.384 e. The van der Waals surface area contributed by atoms with Crippen molar-refractivity contribution in [3.8, 4) is 0 Å². The van der Waals surface area contributed by atoms with Crippen LogP contribution in [0.25, 0.3) is 0 Å². The lowest BCUT2D eigenvalue weighted by molar-refractivity contribution is 0.102. The highest BCUT2D eigenvalue weighted by molar-refractivity contribution is 7.89. The van der Waals surface area contributed by atoms with E-state index in [4.69, 9.17) is 0 Å². The molecule has 3 aromatic rings. The molecule has 2 aromatic carbocycles. The van der Waals surface area contributed by atoms with E-state index in [-0.39, 0.29) is 10.8 Å². The van der Waals surface area contributed by atoms with Crippen molar-refractivity contribution >= 4 is 38.9 Å². The van der Waals surface area contributed by atoms with Crippen molar-refractivity contribution in [2.24, 2.45) is 0 Å². The molecule has 1 amide bonds. The van der Waals surface area contributed by atoms with Crippen molar-refractivity contribution in [1.29, 1.82) is 0 Å². The van der Waals surface area contributed by atoms with E-state index in [9.17, 15) is 13.2 Å². The van der Waals surface area contributed by atoms with Crippen molar-refractivity contribution in [3.63, 3.8) is 0 Å². The van der Waals surface area contributed by atoms with Gasteiger partial charge in [-0.1, -0.05) is 19.9 Å². The van der Waals surface area contributed by atoms with Gasteiger partial charge in [-0.2, -0.15) is 4.31 Å². The molecule has 3 N–H and O–H groups in total. The number of anilines is 4. The van der Waals surface area contributed by atoms with Gasteiger partial charge in [0.2, 0.25) is 16.0 Å². The van der Waals surface area contributed by atoms with Crippen LogP contribution in [0.15, 0.2) is 65.8 Å². The minimum absolute atomic E-state index is 0.125. The average molecular weight is 469 g/mol. The lowest BCUT2D eigenvalue weighted by Gasteiger charge is -2.20. The number of carbonyl (C=O) groups excluding carboxylic acids is 1. The summed E-state index contributed by atoms with van der Waals surface area (Å²) in [6.45, 7) is 6.84. The number of nitrogens with one attached hydrogen (secondary N) is 3. The van der Waals surface area contributed by atoms with Gasteiger partial charge in [0.05, 0.1) is 16.3 Å². The Morgan fingerprint density at radius 3 is 2.33 bits per heavy atom. The molecule has 0 radical (unpaired) electrons. The molecule has 33 heavy (non-hydrogen) atoms. The minimum atomic E-state index is -3.67. The quantitative estimate of drug-likeness (QED) is 0.413. The van der Waals surface area contributed by atoms with E-state index in [0.717, 1.165) is 0 Å². The standard InChI is InChI=1S/C23H28N6O3S/c1-4-24-20-12-11-19(33(31,32)29(5-2)6-3)16-21(20)28-22(30)17-9-7-10-18(15-17)27-23-25-13-8-14-26-23/h7-16,24H,4-6H2,1-3H3,(H,28,30)(H,25,26,27). The number of carbonyl (C=O) groups is 1. The van der Waals surface area contributed by atoms with E-state index in [1.54, 1.807) is 68.7 Å². The molecular formula is C23H28N6O3S. The van der Waals surface area contributed by atoms with Crippen LogP contribution in [0.1, 0.15) is 31.1 Å². The fourth-order valence-corrected chi connectivity index (χ4v) is 4.75. The van der Waals surface area contributed by atoms with Crippen LogP contribution >= 0.6 is 0 Å². The summed E-state index contributed by atoms with van der Waals surface area (Å²) in [5, 5.41) is 9.06. The molecule has 0 unspecified atom stereocenters. The Morgan fingerprint density at radius 1 is 0.939 bits per heavy atom. The molecule has 0 aliphatic heterocycles. The second kappa shape index (κ2) is 10.9. The first-order chi connectivity index (χ1) is 15.9. The van der Waals surface area contributed by atoms with Gasteiger partial charge in [0.25, 0.3) is 5.91 Å². The van der Waals surface area contributed by atoms with Crippen LogP contribution in [0, 0.1) is 0 Å². The van der Waals surface area contributed by atoms with Crippen LogP contribution in [-0.4, -0.2) is 48.2 Å². The zero-order valence-corrected chi connectivity index (χ0v) is 19.7. The predicted octanol–water partition coefficient (Wildman–Crippen LogP) is 3.93. The third-order valence-corrected chi connectivity index (χ3v) is 6.94. The molecule has 0 bridgehead atoms. The Kier molecular flexibility index (Phi) is 7.96. The summed E-state index contributed by atoms with van der Waals surface area (Å²) >= 11 is 0. The fraction of sp³-hybridized carbons (Fsp3) is 0.261. The van der Waals surface area contributed by atoms with Crippen LogP contribution in [0.5, 0.6) is 0 Å². The first-order valence-corrected chi connectivity index (χ1v) is 12.2. The van der Waals surface area contributed by atoms with Gasteiger partial charge in [0.15, 0.2) is 0 Å². The number of sulfonamides is 1. The van der Waals surface area contributed by atoms with Crippen LogP contribution in [0.3, 0.4) is 0 Å². The summed E-state index contributed by atoms with van der Waals surface area (Å²) < 4.78 is 27.3. The Morgan fingerprint density at radius 2 is 1.67 bits per heavy atom. The van der Waals surface area contributed by atoms with Gasteiger partial charge in [-0.05, 0) is 49.4 Å². The highest BCUT2D eigenvalue weighted by atomic mass is 32.2. The molecule has 0 aliphatic rings. The molecule has 10 heteroatoms. The van der Waals surface area contributed by atoms with Crippen LogP contribution in [-0.2, 0) is 10.0 Å². The smallest absolute Gasteiger partial charge is 0.255 e. The molecule has 9 nitrogen and oxygen atoms in total. The highest BCUT2D eigenvalue weighted by Crippen LogP contribution is 2.28. The van der Waals surface area contributed by atoms with Crippen molar-refractivity contribution < 1.29 is 13.2 Å². The van der Waals surface area contributed by atoms with E-state index in [0.29, 0.717) is 48.2 Å². The van der Waals surface area contributed by atoms with Crippen LogP contribution < -0.4 is 16.0 Å². The third-order valence-electron chi connectivity index (χ3n) is 4.90. The molecule has 174 valence electrons. The van der Waals surface area contributed by atoms with Gasteiger partial charge >= 0.3 is 0 Å². The van der Waals surface area contributed by atoms with Gasteiger partial charge in [0.1, 0.15) is 0 Å². The van der Waals surface area contributed by atoms with E-state index in [1.165, 1.54) is 10.4 Å². The molecule has 1 aromatic heterocycles. The molecule has 0 saturated heterocycles. The number of hydrogen-bond acceptors (Lipinski definition) is 7. The van der Waals surface area contributed by atoms with Crippen LogP contribution in [0.4, 0.5) is 23.0 Å². The Hall–Kier alpha value is -3.50. The molecule has 3 rings (SSSR count). The third kappa shape index (κ3) is 5.85. The molecular weight excluding hydrogens is 440 g/mol. The van der Waals surface area contributed by atoms with E-state index in [2.05, 4.69) is 25.9 Å². The lowest BCUT2D eigenvalue weighted by atomic mass is 10.1. The maximum atomic E-state index is 13.0. The second-order valence-corrected chi connectivity index (χ2v) is 9.00. The van der Waals surface area contributed by atoms with Gasteiger partial charge in [-0.25, -0.2) is 18.4 Å². The van der Waals surface area contributed by atoms with Gasteiger partial charge < -0.3 is 16.0 Å². The topological polar surface area (TPSA) is 116 Å². The molecule has 0 saturated carbocycles. The zero-order chi connectivity index (χ0) is 23.8. The maximum absolute atomic E-state index is 13.0. The van der Waals surface area contributed by atoms with Crippen LogP contribution in [0.2, 0.25) is 0 Å². The summed E-state index contributed by atoms with van der Waals surface area (Å²) in [4.78, 5) is 21.4. The largest absolute Gasteiger partial charge is 0.384 e. The average Bonchev–Trinajstić information content (AvgIpc) is 2.81. The summed E-state index contributed by atoms with van der Waals surface area (Å²) in [5.41, 5.74) is 2.07. The molecule has 0 fully saturated rings. The molecule has 0 atom stereocenters. The monoisotopic (exact) mass is 468 g/mol. The van der Waals surface area contributed by atoms with Crippen molar-refractivity contribution in [2.45, 2.75) is 25.7 Å². The number of rotatable bonds is 10. The van der Waals surface area contributed by atoms with Gasteiger partial charge in [0, 0.05) is 43.3 Å². The van der Waals surface area contributed by atoms with Crippen molar-refractivity contribution in [1.82, 2.24) is 14.3 Å². The number of nitrogens with zero attached hydrogens (tertiary/aromatic N) is 3. The number of hydrogen-bond donors (Lipinski definition) is 3. The Labute approximate surface area is 194 Å². The number of amides is 1. The second-order valence-electron chi connectivity index (χ2n) is 7.06. The van der Waals surface area contributed by atoms with Crippen molar-refractivity contribution in [2.75, 3.05) is 35.6 Å². The normalized spacial score (nSPS) is 11.3. The Bertz CT molecular complexity index is 1200. The first-order valence-electron chi connectivity index (χ1n) is 10.7. The highest BCUT2D eigenvalue weighted by Gasteiger charge is 2.23. The van der Waals surface area contributed by atoms with Gasteiger partial charge in [-0.15, -0.1) is 0 Å². The summed E-state index contributed by atoms with van der Waals surface area (Å²) in [6.07, 6.45) is 3.24. The maximum Gasteiger partial charge on any atom is 0.255 e. The SMILES string of the molecule is CCNc1ccc(S(=O)(=O)N(CC)CC)cc1NC(=O)c1cccc(Nc2ncccn2)c1.